The Balaban J connectivity index is 1.44. The summed E-state index contributed by atoms with van der Waals surface area (Å²) in [5.74, 6) is 0. The van der Waals surface area contributed by atoms with Gasteiger partial charge in [-0.2, -0.15) is 0 Å². The topological polar surface area (TPSA) is 13.1 Å². The molecule has 218 valence electrons. The highest BCUT2D eigenvalue weighted by Gasteiger charge is 2.10. The molecule has 0 atom stereocenters. The summed E-state index contributed by atoms with van der Waals surface area (Å²) in [6.07, 6.45) is 6.25. The van der Waals surface area contributed by atoms with Crippen LogP contribution in [0.3, 0.4) is 0 Å². The minimum Gasteiger partial charge on any atom is -0.456 e. The summed E-state index contributed by atoms with van der Waals surface area (Å²) in [6.45, 7) is 13.1. The van der Waals surface area contributed by atoms with Crippen molar-refractivity contribution in [3.8, 4) is 11.1 Å². The van der Waals surface area contributed by atoms with Crippen LogP contribution in [-0.4, -0.2) is 0 Å². The molecule has 45 heavy (non-hydrogen) atoms. The van der Waals surface area contributed by atoms with E-state index in [4.69, 9.17) is 4.42 Å². The van der Waals surface area contributed by atoms with Crippen molar-refractivity contribution in [2.24, 2.45) is 0 Å². The van der Waals surface area contributed by atoms with Crippen LogP contribution in [0.1, 0.15) is 30.5 Å². The average Bonchev–Trinajstić information content (AvgIpc) is 3.48. The first-order chi connectivity index (χ1) is 22.0. The molecule has 0 fully saturated rings. The van der Waals surface area contributed by atoms with Crippen molar-refractivity contribution in [2.45, 2.75) is 13.8 Å². The largest absolute Gasteiger partial charge is 0.456 e. The molecule has 5 aromatic carbocycles. The lowest BCUT2D eigenvalue weighted by Gasteiger charge is -2.09. The number of rotatable bonds is 6. The predicted molar refractivity (Wildman–Crippen MR) is 194 cm³/mol. The standard InChI is InChI=1S/C44H36O/c1-5-37-42-23-15-16-24-43(42)45-44(37)33(4)39-20-12-7-6-11-19-38(40-21-13-14-22-41(39)40)32(3)26-25-31(2)34-27-29-36(30-28-34)35-17-9-8-10-18-35/h5-30H,2-3H2,1,4H3/b7-6?,11-6?,12-7?,19-11?,20-12?,26-25-,37-5-,38-19?,39-20?,40-38?,41-39?,44-33-. The summed E-state index contributed by atoms with van der Waals surface area (Å²) in [5, 5.41) is 4.46. The van der Waals surface area contributed by atoms with Crippen LogP contribution in [0.15, 0.2) is 169 Å². The van der Waals surface area contributed by atoms with Gasteiger partial charge in [-0.05, 0) is 69.6 Å². The maximum Gasteiger partial charge on any atom is 0.138 e. The first-order valence-corrected chi connectivity index (χ1v) is 15.3. The molecule has 0 radical (unpaired) electrons. The molecule has 1 heterocycles. The zero-order chi connectivity index (χ0) is 31.2. The van der Waals surface area contributed by atoms with Gasteiger partial charge in [-0.1, -0.05) is 165 Å². The number of hydrogen-bond acceptors (Lipinski definition) is 1. The summed E-state index contributed by atoms with van der Waals surface area (Å²) in [7, 11) is 0. The number of allylic oxidation sites excluding steroid dienone is 4. The highest BCUT2D eigenvalue weighted by atomic mass is 16.3. The van der Waals surface area contributed by atoms with E-state index in [-0.39, 0.29) is 0 Å². The van der Waals surface area contributed by atoms with Crippen molar-refractivity contribution < 1.29 is 4.42 Å². The van der Waals surface area contributed by atoms with Gasteiger partial charge in [-0.25, -0.2) is 0 Å². The number of furan rings is 1. The molecule has 0 aliphatic heterocycles. The van der Waals surface area contributed by atoms with E-state index < -0.39 is 0 Å². The minimum atomic E-state index is 0.889. The highest BCUT2D eigenvalue weighted by Crippen LogP contribution is 2.29. The van der Waals surface area contributed by atoms with Gasteiger partial charge in [0.05, 0.1) is 0 Å². The van der Waals surface area contributed by atoms with E-state index in [1.54, 1.807) is 0 Å². The Bertz CT molecular complexity index is 2240. The third-order valence-electron chi connectivity index (χ3n) is 8.23. The second-order valence-electron chi connectivity index (χ2n) is 11.1. The molecule has 6 rings (SSSR count). The van der Waals surface area contributed by atoms with Gasteiger partial charge in [0, 0.05) is 16.2 Å². The lowest BCUT2D eigenvalue weighted by molar-refractivity contribution is 0.572. The van der Waals surface area contributed by atoms with Gasteiger partial charge in [0.25, 0.3) is 0 Å². The fourth-order valence-electron chi connectivity index (χ4n) is 5.82. The summed E-state index contributed by atoms with van der Waals surface area (Å²) in [6, 6.07) is 48.3. The smallest absolute Gasteiger partial charge is 0.138 e. The highest BCUT2D eigenvalue weighted by molar-refractivity contribution is 6.00. The van der Waals surface area contributed by atoms with Crippen LogP contribution >= 0.6 is 0 Å². The maximum absolute atomic E-state index is 6.46. The van der Waals surface area contributed by atoms with Crippen molar-refractivity contribution in [2.75, 3.05) is 0 Å². The Labute approximate surface area is 265 Å². The molecule has 0 amide bonds. The third kappa shape index (κ3) is 6.20. The van der Waals surface area contributed by atoms with E-state index in [1.807, 2.05) is 24.3 Å². The van der Waals surface area contributed by atoms with E-state index in [0.717, 1.165) is 65.8 Å². The van der Waals surface area contributed by atoms with Crippen LogP contribution in [0, 0.1) is 0 Å². The van der Waals surface area contributed by atoms with Gasteiger partial charge in [-0.3, -0.25) is 0 Å². The van der Waals surface area contributed by atoms with Gasteiger partial charge in [-0.15, -0.1) is 0 Å². The molecule has 0 spiro atoms. The summed E-state index contributed by atoms with van der Waals surface area (Å²) >= 11 is 0. The number of benzene rings is 4. The number of fused-ring (bicyclic) bond motifs is 2. The third-order valence-corrected chi connectivity index (χ3v) is 8.23. The van der Waals surface area contributed by atoms with E-state index in [2.05, 4.69) is 160 Å². The van der Waals surface area contributed by atoms with Crippen molar-refractivity contribution in [3.05, 3.63) is 192 Å². The molecule has 1 nitrogen and oxygen atoms in total. The van der Waals surface area contributed by atoms with Crippen LogP contribution in [0.4, 0.5) is 0 Å². The predicted octanol–water partition coefficient (Wildman–Crippen LogP) is 10.7. The normalized spacial score (nSPS) is 12.4. The van der Waals surface area contributed by atoms with Crippen molar-refractivity contribution in [1.82, 2.24) is 0 Å². The molecular formula is C44H36O. The second kappa shape index (κ2) is 13.3. The Morgan fingerprint density at radius 1 is 0.533 bits per heavy atom. The van der Waals surface area contributed by atoms with Crippen LogP contribution in [-0.2, 0) is 0 Å². The van der Waals surface area contributed by atoms with Crippen LogP contribution in [0.25, 0.3) is 55.7 Å². The Morgan fingerprint density at radius 2 is 1.04 bits per heavy atom. The Kier molecular flexibility index (Phi) is 8.71. The molecule has 6 aromatic rings. The van der Waals surface area contributed by atoms with Crippen molar-refractivity contribution >= 4 is 44.5 Å². The summed E-state index contributed by atoms with van der Waals surface area (Å²) in [5.41, 5.74) is 10.3. The lowest BCUT2D eigenvalue weighted by atomic mass is 9.95. The number of hydrogen-bond donors (Lipinski definition) is 0. The molecule has 0 saturated carbocycles. The number of para-hydroxylation sites is 1. The SMILES string of the molecule is C=C(/C=C\C(=C)c1ccccccc(/C(C)=c2\oc3ccccc3\c2=C\C)c2ccccc12)c1ccc(-c2ccccc2)cc1. The maximum atomic E-state index is 6.46. The quantitative estimate of drug-likeness (QED) is 0.179. The molecule has 0 unspecified atom stereocenters. The zero-order valence-electron chi connectivity index (χ0n) is 25.8. The van der Waals surface area contributed by atoms with Crippen LogP contribution < -0.4 is 10.6 Å². The first kappa shape index (κ1) is 29.4. The Morgan fingerprint density at radius 3 is 1.73 bits per heavy atom. The van der Waals surface area contributed by atoms with E-state index in [9.17, 15) is 0 Å². The summed E-state index contributed by atoms with van der Waals surface area (Å²) < 4.78 is 6.46. The summed E-state index contributed by atoms with van der Waals surface area (Å²) in [4.78, 5) is 0. The fourth-order valence-corrected chi connectivity index (χ4v) is 5.82. The first-order valence-electron chi connectivity index (χ1n) is 15.3. The van der Waals surface area contributed by atoms with Gasteiger partial charge < -0.3 is 4.42 Å². The zero-order valence-corrected chi connectivity index (χ0v) is 25.8. The molecule has 1 heteroatoms. The molecule has 0 bridgehead atoms. The molecule has 0 aliphatic carbocycles. The molecule has 1 aromatic heterocycles. The lowest BCUT2D eigenvalue weighted by Crippen LogP contribution is -2.22. The second-order valence-corrected chi connectivity index (χ2v) is 11.1. The van der Waals surface area contributed by atoms with E-state index in [0.29, 0.717) is 0 Å². The van der Waals surface area contributed by atoms with E-state index >= 15 is 0 Å². The minimum absolute atomic E-state index is 0.889. The molecule has 0 aliphatic rings. The molecule has 0 saturated heterocycles. The average molecular weight is 581 g/mol. The van der Waals surface area contributed by atoms with Crippen molar-refractivity contribution in [3.63, 3.8) is 0 Å². The van der Waals surface area contributed by atoms with Crippen LogP contribution in [0.2, 0.25) is 0 Å². The van der Waals surface area contributed by atoms with Crippen molar-refractivity contribution in [1.29, 1.82) is 0 Å². The fraction of sp³-hybridized carbons (Fsp3) is 0.0455. The molecular weight excluding hydrogens is 544 g/mol. The van der Waals surface area contributed by atoms with Gasteiger partial charge in [0.1, 0.15) is 11.0 Å². The monoisotopic (exact) mass is 580 g/mol. The Hall–Kier alpha value is -5.66. The van der Waals surface area contributed by atoms with Gasteiger partial charge >= 0.3 is 0 Å². The van der Waals surface area contributed by atoms with Gasteiger partial charge in [0.15, 0.2) is 0 Å². The van der Waals surface area contributed by atoms with Crippen LogP contribution in [0.5, 0.6) is 0 Å². The molecule has 0 N–H and O–H groups in total. The van der Waals surface area contributed by atoms with E-state index in [1.165, 1.54) is 11.1 Å². The van der Waals surface area contributed by atoms with Gasteiger partial charge in [0.2, 0.25) is 0 Å².